The number of aryl methyl sites for hydroxylation is 1. The van der Waals surface area contributed by atoms with Crippen molar-refractivity contribution in [2.45, 2.75) is 25.9 Å². The van der Waals surface area contributed by atoms with Gasteiger partial charge in [0.25, 0.3) is 0 Å². The van der Waals surface area contributed by atoms with Crippen LogP contribution in [0.5, 0.6) is 0 Å². The van der Waals surface area contributed by atoms with Crippen LogP contribution < -0.4 is 0 Å². The Morgan fingerprint density at radius 3 is 3.14 bits per heavy atom. The minimum Gasteiger partial charge on any atom is -0.387 e. The van der Waals surface area contributed by atoms with Gasteiger partial charge in [0.1, 0.15) is 0 Å². The quantitative estimate of drug-likeness (QED) is 0.816. The Labute approximate surface area is 87.7 Å². The van der Waals surface area contributed by atoms with Crippen molar-refractivity contribution in [3.63, 3.8) is 0 Å². The Morgan fingerprint density at radius 2 is 2.57 bits per heavy atom. The average molecular weight is 213 g/mol. The van der Waals surface area contributed by atoms with Gasteiger partial charge in [0.2, 0.25) is 0 Å². The zero-order valence-electron chi connectivity index (χ0n) is 8.27. The van der Waals surface area contributed by atoms with Crippen molar-refractivity contribution in [1.29, 1.82) is 0 Å². The van der Waals surface area contributed by atoms with Crippen LogP contribution in [0.4, 0.5) is 0 Å². The second-order valence-corrected chi connectivity index (χ2v) is 4.97. The van der Waals surface area contributed by atoms with E-state index in [4.69, 9.17) is 4.74 Å². The molecule has 0 aromatic carbocycles. The monoisotopic (exact) mass is 213 g/mol. The molecule has 0 aliphatic carbocycles. The van der Waals surface area contributed by atoms with Gasteiger partial charge in [-0.05, 0) is 19.8 Å². The zero-order valence-corrected chi connectivity index (χ0v) is 9.09. The van der Waals surface area contributed by atoms with Crippen LogP contribution in [0.2, 0.25) is 0 Å². The van der Waals surface area contributed by atoms with Crippen LogP contribution >= 0.6 is 11.3 Å². The van der Waals surface area contributed by atoms with Gasteiger partial charge < -0.3 is 9.84 Å². The molecule has 1 saturated heterocycles. The first-order valence-electron chi connectivity index (χ1n) is 4.95. The van der Waals surface area contributed by atoms with E-state index in [1.165, 1.54) is 0 Å². The number of hydrogen-bond acceptors (Lipinski definition) is 4. The zero-order chi connectivity index (χ0) is 9.97. The Bertz CT molecular complexity index is 294. The fraction of sp³-hybridized carbons (Fsp3) is 0.700. The third-order valence-electron chi connectivity index (χ3n) is 2.57. The molecule has 4 heteroatoms. The first-order valence-corrected chi connectivity index (χ1v) is 5.77. The molecule has 78 valence electrons. The Kier molecular flexibility index (Phi) is 3.15. The Balaban J connectivity index is 2.03. The normalized spacial score (nSPS) is 24.9. The summed E-state index contributed by atoms with van der Waals surface area (Å²) in [7, 11) is 0. The van der Waals surface area contributed by atoms with E-state index in [0.29, 0.717) is 6.61 Å². The molecule has 0 amide bonds. The van der Waals surface area contributed by atoms with Gasteiger partial charge in [0.05, 0.1) is 22.6 Å². The number of thiazole rings is 1. The molecule has 1 aromatic rings. The minimum absolute atomic E-state index is 0.253. The molecular formula is C10H15NO2S. The van der Waals surface area contributed by atoms with E-state index in [9.17, 15) is 5.11 Å². The standard InChI is InChI=1S/C10H15NO2S/c1-7-11-5-9(14-7)10(12)8-3-2-4-13-6-8/h5,8,10,12H,2-4,6H2,1H3. The SMILES string of the molecule is Cc1ncc(C(O)C2CCCOC2)s1. The van der Waals surface area contributed by atoms with Crippen LogP contribution in [0.3, 0.4) is 0 Å². The molecule has 1 aliphatic rings. The summed E-state index contributed by atoms with van der Waals surface area (Å²) in [6.07, 6.45) is 3.50. The van der Waals surface area contributed by atoms with Crippen LogP contribution in [0.15, 0.2) is 6.20 Å². The molecule has 2 unspecified atom stereocenters. The van der Waals surface area contributed by atoms with Crippen molar-refractivity contribution in [2.24, 2.45) is 5.92 Å². The fourth-order valence-electron chi connectivity index (χ4n) is 1.76. The summed E-state index contributed by atoms with van der Waals surface area (Å²) >= 11 is 1.57. The van der Waals surface area contributed by atoms with Gasteiger partial charge in [-0.25, -0.2) is 4.98 Å². The predicted molar refractivity (Wildman–Crippen MR) is 55.4 cm³/mol. The highest BCUT2D eigenvalue weighted by Crippen LogP contribution is 2.31. The summed E-state index contributed by atoms with van der Waals surface area (Å²) in [5.74, 6) is 0.253. The van der Waals surface area contributed by atoms with Gasteiger partial charge in [0.15, 0.2) is 0 Å². The van der Waals surface area contributed by atoms with E-state index >= 15 is 0 Å². The molecule has 14 heavy (non-hydrogen) atoms. The number of rotatable bonds is 2. The summed E-state index contributed by atoms with van der Waals surface area (Å²) in [6, 6.07) is 0. The van der Waals surface area contributed by atoms with Crippen LogP contribution in [0, 0.1) is 12.8 Å². The van der Waals surface area contributed by atoms with Gasteiger partial charge in [-0.15, -0.1) is 11.3 Å². The predicted octanol–water partition coefficient (Wildman–Crippen LogP) is 1.91. The molecule has 3 nitrogen and oxygen atoms in total. The van der Waals surface area contributed by atoms with Crippen LogP contribution in [0.25, 0.3) is 0 Å². The molecule has 1 N–H and O–H groups in total. The largest absolute Gasteiger partial charge is 0.387 e. The number of ether oxygens (including phenoxy) is 1. The minimum atomic E-state index is -0.388. The fourth-order valence-corrected chi connectivity index (χ4v) is 2.63. The summed E-state index contributed by atoms with van der Waals surface area (Å²) in [6.45, 7) is 3.47. The molecule has 1 aliphatic heterocycles. The lowest BCUT2D eigenvalue weighted by Gasteiger charge is -2.25. The summed E-state index contributed by atoms with van der Waals surface area (Å²) < 4.78 is 5.36. The number of nitrogens with zero attached hydrogens (tertiary/aromatic N) is 1. The topological polar surface area (TPSA) is 42.4 Å². The van der Waals surface area contributed by atoms with Crippen molar-refractivity contribution >= 4 is 11.3 Å². The highest BCUT2D eigenvalue weighted by atomic mass is 32.1. The van der Waals surface area contributed by atoms with Crippen LogP contribution in [-0.2, 0) is 4.74 Å². The molecule has 0 saturated carbocycles. The lowest BCUT2D eigenvalue weighted by Crippen LogP contribution is -2.23. The molecule has 1 fully saturated rings. The van der Waals surface area contributed by atoms with Gasteiger partial charge >= 0.3 is 0 Å². The maximum Gasteiger partial charge on any atom is 0.0948 e. The van der Waals surface area contributed by atoms with Crippen LogP contribution in [0.1, 0.15) is 28.8 Å². The van der Waals surface area contributed by atoms with E-state index in [1.807, 2.05) is 6.92 Å². The van der Waals surface area contributed by atoms with E-state index in [1.54, 1.807) is 17.5 Å². The molecular weight excluding hydrogens is 198 g/mol. The van der Waals surface area contributed by atoms with Gasteiger partial charge in [-0.3, -0.25) is 0 Å². The Hall–Kier alpha value is -0.450. The summed E-state index contributed by atoms with van der Waals surface area (Å²) in [5.41, 5.74) is 0. The second kappa shape index (κ2) is 4.38. The summed E-state index contributed by atoms with van der Waals surface area (Å²) in [4.78, 5) is 5.12. The van der Waals surface area contributed by atoms with Gasteiger partial charge in [-0.2, -0.15) is 0 Å². The van der Waals surface area contributed by atoms with E-state index in [2.05, 4.69) is 4.98 Å². The van der Waals surface area contributed by atoms with Crippen molar-refractivity contribution < 1.29 is 9.84 Å². The third kappa shape index (κ3) is 2.13. The molecule has 2 rings (SSSR count). The molecule has 2 atom stereocenters. The lowest BCUT2D eigenvalue weighted by molar-refractivity contribution is -0.00869. The van der Waals surface area contributed by atoms with E-state index in [-0.39, 0.29) is 12.0 Å². The van der Waals surface area contributed by atoms with Gasteiger partial charge in [0, 0.05) is 18.7 Å². The number of aliphatic hydroxyl groups is 1. The van der Waals surface area contributed by atoms with Crippen molar-refractivity contribution in [3.05, 3.63) is 16.1 Å². The first kappa shape index (κ1) is 10.1. The highest BCUT2D eigenvalue weighted by Gasteiger charge is 2.24. The van der Waals surface area contributed by atoms with Crippen molar-refractivity contribution in [1.82, 2.24) is 4.98 Å². The van der Waals surface area contributed by atoms with Gasteiger partial charge in [-0.1, -0.05) is 0 Å². The molecule has 0 radical (unpaired) electrons. The third-order valence-corrected chi connectivity index (χ3v) is 3.56. The van der Waals surface area contributed by atoms with E-state index in [0.717, 1.165) is 29.3 Å². The highest BCUT2D eigenvalue weighted by molar-refractivity contribution is 7.11. The smallest absolute Gasteiger partial charge is 0.0948 e. The van der Waals surface area contributed by atoms with Crippen LogP contribution in [-0.4, -0.2) is 23.3 Å². The summed E-state index contributed by atoms with van der Waals surface area (Å²) in [5, 5.41) is 11.1. The maximum absolute atomic E-state index is 10.0. The van der Waals surface area contributed by atoms with E-state index < -0.39 is 0 Å². The maximum atomic E-state index is 10.0. The van der Waals surface area contributed by atoms with Crippen molar-refractivity contribution in [2.75, 3.05) is 13.2 Å². The molecule has 0 spiro atoms. The first-order chi connectivity index (χ1) is 6.77. The molecule has 0 bridgehead atoms. The number of aliphatic hydroxyl groups excluding tert-OH is 1. The average Bonchev–Trinajstić information content (AvgIpc) is 2.65. The number of aromatic nitrogens is 1. The molecule has 1 aromatic heterocycles. The second-order valence-electron chi connectivity index (χ2n) is 3.70. The van der Waals surface area contributed by atoms with Crippen molar-refractivity contribution in [3.8, 4) is 0 Å². The Morgan fingerprint density at radius 1 is 1.71 bits per heavy atom. The lowest BCUT2D eigenvalue weighted by atomic mass is 9.95. The number of hydrogen-bond donors (Lipinski definition) is 1. The molecule has 2 heterocycles.